The summed E-state index contributed by atoms with van der Waals surface area (Å²) in [5.41, 5.74) is 6.69. The van der Waals surface area contributed by atoms with Gasteiger partial charge >= 0.3 is 12.1 Å². The van der Waals surface area contributed by atoms with Crippen molar-refractivity contribution in [2.24, 2.45) is 5.73 Å². The first-order valence-corrected chi connectivity index (χ1v) is 4.71. The lowest BCUT2D eigenvalue weighted by Crippen LogP contribution is -2.04. The van der Waals surface area contributed by atoms with Gasteiger partial charge in [-0.1, -0.05) is 12.1 Å². The normalized spacial score (nSPS) is 11.1. The zero-order valence-electron chi connectivity index (χ0n) is 8.94. The summed E-state index contributed by atoms with van der Waals surface area (Å²) in [5, 5.41) is 6.28. The molecule has 1 aromatic carbocycles. The van der Waals surface area contributed by atoms with E-state index in [9.17, 15) is 13.2 Å². The molecular weight excluding hydrogens is 271 g/mol. The van der Waals surface area contributed by atoms with Gasteiger partial charge in [0, 0.05) is 12.1 Å². The van der Waals surface area contributed by atoms with Gasteiger partial charge < -0.3 is 10.2 Å². The lowest BCUT2D eigenvalue weighted by atomic mass is 10.1. The molecule has 0 fully saturated rings. The molecule has 0 saturated heterocycles. The molecule has 8 heteroatoms. The van der Waals surface area contributed by atoms with Gasteiger partial charge in [-0.15, -0.1) is 22.6 Å². The zero-order chi connectivity index (χ0) is 12.5. The van der Waals surface area contributed by atoms with Gasteiger partial charge in [0.15, 0.2) is 0 Å². The Morgan fingerprint density at radius 2 is 1.72 bits per heavy atom. The number of halogens is 4. The van der Waals surface area contributed by atoms with E-state index in [0.29, 0.717) is 12.1 Å². The van der Waals surface area contributed by atoms with Gasteiger partial charge in [0.2, 0.25) is 5.89 Å². The summed E-state index contributed by atoms with van der Waals surface area (Å²) in [4.78, 5) is 0. The third-order valence-electron chi connectivity index (χ3n) is 2.10. The van der Waals surface area contributed by atoms with Crippen LogP contribution < -0.4 is 5.73 Å². The highest BCUT2D eigenvalue weighted by molar-refractivity contribution is 5.85. The maximum absolute atomic E-state index is 12.2. The van der Waals surface area contributed by atoms with Crippen LogP contribution in [0.5, 0.6) is 0 Å². The minimum Gasteiger partial charge on any atom is -0.413 e. The molecule has 98 valence electrons. The monoisotopic (exact) mass is 279 g/mol. The minimum absolute atomic E-state index is 0. The van der Waals surface area contributed by atoms with E-state index in [4.69, 9.17) is 5.73 Å². The van der Waals surface area contributed by atoms with E-state index >= 15 is 0 Å². The average Bonchev–Trinajstić information content (AvgIpc) is 2.78. The Labute approximate surface area is 106 Å². The lowest BCUT2D eigenvalue weighted by Gasteiger charge is -1.99. The van der Waals surface area contributed by atoms with Gasteiger partial charge in [0.25, 0.3) is 0 Å². The summed E-state index contributed by atoms with van der Waals surface area (Å²) in [6, 6.07) is 6.53. The van der Waals surface area contributed by atoms with Gasteiger partial charge in [0.1, 0.15) is 0 Å². The summed E-state index contributed by atoms with van der Waals surface area (Å²) in [6.07, 6.45) is -4.62. The van der Waals surface area contributed by atoms with Crippen molar-refractivity contribution < 1.29 is 17.6 Å². The molecule has 2 aromatic rings. The Bertz CT molecular complexity index is 510. The number of rotatable bonds is 2. The van der Waals surface area contributed by atoms with Crippen molar-refractivity contribution in [2.75, 3.05) is 0 Å². The quantitative estimate of drug-likeness (QED) is 0.918. The third-order valence-corrected chi connectivity index (χ3v) is 2.10. The Morgan fingerprint density at radius 3 is 2.17 bits per heavy atom. The van der Waals surface area contributed by atoms with Gasteiger partial charge in [-0.2, -0.15) is 13.2 Å². The van der Waals surface area contributed by atoms with Gasteiger partial charge in [0.05, 0.1) is 0 Å². The maximum Gasteiger partial charge on any atom is 0.470 e. The Kier molecular flexibility index (Phi) is 4.31. The van der Waals surface area contributed by atoms with Gasteiger partial charge in [-0.3, -0.25) is 0 Å². The van der Waals surface area contributed by atoms with E-state index in [2.05, 4.69) is 14.6 Å². The molecular formula is C10H9ClF3N3O. The van der Waals surface area contributed by atoms with Crippen LogP contribution in [0.25, 0.3) is 11.5 Å². The van der Waals surface area contributed by atoms with Crippen LogP contribution >= 0.6 is 12.4 Å². The van der Waals surface area contributed by atoms with Crippen LogP contribution in [-0.2, 0) is 12.7 Å². The second-order valence-corrected chi connectivity index (χ2v) is 3.31. The fraction of sp³-hybridized carbons (Fsp3) is 0.200. The number of nitrogens with zero attached hydrogens (tertiary/aromatic N) is 2. The van der Waals surface area contributed by atoms with Gasteiger partial charge in [-0.25, -0.2) is 0 Å². The number of alkyl halides is 3. The number of hydrogen-bond acceptors (Lipinski definition) is 4. The smallest absolute Gasteiger partial charge is 0.413 e. The molecule has 0 saturated carbocycles. The molecule has 1 aromatic heterocycles. The van der Waals surface area contributed by atoms with Crippen molar-refractivity contribution in [3.8, 4) is 11.5 Å². The average molecular weight is 280 g/mol. The van der Waals surface area contributed by atoms with Crippen molar-refractivity contribution in [1.82, 2.24) is 10.2 Å². The van der Waals surface area contributed by atoms with Crippen LogP contribution in [0.15, 0.2) is 28.7 Å². The van der Waals surface area contributed by atoms with Crippen molar-refractivity contribution in [3.63, 3.8) is 0 Å². The molecule has 2 N–H and O–H groups in total. The van der Waals surface area contributed by atoms with E-state index < -0.39 is 12.1 Å². The fourth-order valence-electron chi connectivity index (χ4n) is 1.24. The van der Waals surface area contributed by atoms with Crippen LogP contribution in [0.3, 0.4) is 0 Å². The number of aromatic nitrogens is 2. The van der Waals surface area contributed by atoms with Crippen molar-refractivity contribution in [2.45, 2.75) is 12.7 Å². The van der Waals surface area contributed by atoms with E-state index in [1.54, 1.807) is 24.3 Å². The Hall–Kier alpha value is -1.60. The SMILES string of the molecule is Cl.NCc1ccc(-c2nnc(C(F)(F)F)o2)cc1. The van der Waals surface area contributed by atoms with Crippen LogP contribution in [0, 0.1) is 0 Å². The molecule has 0 unspecified atom stereocenters. The molecule has 1 heterocycles. The number of hydrogen-bond donors (Lipinski definition) is 1. The van der Waals surface area contributed by atoms with Crippen LogP contribution in [0.2, 0.25) is 0 Å². The predicted molar refractivity (Wildman–Crippen MR) is 59.9 cm³/mol. The van der Waals surface area contributed by atoms with E-state index in [1.165, 1.54) is 0 Å². The molecule has 2 rings (SSSR count). The molecule has 0 atom stereocenters. The number of benzene rings is 1. The van der Waals surface area contributed by atoms with Gasteiger partial charge in [-0.05, 0) is 17.7 Å². The van der Waals surface area contributed by atoms with E-state index in [0.717, 1.165) is 5.56 Å². The first kappa shape index (κ1) is 14.5. The minimum atomic E-state index is -4.62. The molecule has 4 nitrogen and oxygen atoms in total. The summed E-state index contributed by atoms with van der Waals surface area (Å²) in [7, 11) is 0. The molecule has 18 heavy (non-hydrogen) atoms. The fourth-order valence-corrected chi connectivity index (χ4v) is 1.24. The summed E-state index contributed by atoms with van der Waals surface area (Å²) >= 11 is 0. The molecule has 0 amide bonds. The highest BCUT2D eigenvalue weighted by atomic mass is 35.5. The standard InChI is InChI=1S/C10H8F3N3O.ClH/c11-10(12,13)9-16-15-8(17-9)7-3-1-6(5-14)2-4-7;/h1-4H,5,14H2;1H. The second-order valence-electron chi connectivity index (χ2n) is 3.31. The molecule has 0 aliphatic rings. The van der Waals surface area contributed by atoms with Crippen LogP contribution in [0.1, 0.15) is 11.5 Å². The highest BCUT2D eigenvalue weighted by Crippen LogP contribution is 2.30. The highest BCUT2D eigenvalue weighted by Gasteiger charge is 2.38. The first-order valence-electron chi connectivity index (χ1n) is 4.71. The Morgan fingerprint density at radius 1 is 1.11 bits per heavy atom. The van der Waals surface area contributed by atoms with Crippen molar-refractivity contribution >= 4 is 12.4 Å². The maximum atomic E-state index is 12.2. The van der Waals surface area contributed by atoms with Crippen LogP contribution in [-0.4, -0.2) is 10.2 Å². The summed E-state index contributed by atoms with van der Waals surface area (Å²) in [5.74, 6) is -1.52. The van der Waals surface area contributed by atoms with Crippen LogP contribution in [0.4, 0.5) is 13.2 Å². The third kappa shape index (κ3) is 2.99. The zero-order valence-corrected chi connectivity index (χ0v) is 9.76. The first-order chi connectivity index (χ1) is 8.00. The lowest BCUT2D eigenvalue weighted by molar-refractivity contribution is -0.156. The molecule has 0 radical (unpaired) electrons. The Balaban J connectivity index is 0.00000162. The molecule has 0 aliphatic heterocycles. The molecule has 0 bridgehead atoms. The number of nitrogens with two attached hydrogens (primary N) is 1. The van der Waals surface area contributed by atoms with Crippen molar-refractivity contribution in [1.29, 1.82) is 0 Å². The largest absolute Gasteiger partial charge is 0.470 e. The van der Waals surface area contributed by atoms with E-state index in [1.807, 2.05) is 0 Å². The van der Waals surface area contributed by atoms with Crippen molar-refractivity contribution in [3.05, 3.63) is 35.7 Å². The second kappa shape index (κ2) is 5.36. The summed E-state index contributed by atoms with van der Waals surface area (Å²) < 4.78 is 41.2. The predicted octanol–water partition coefficient (Wildman–Crippen LogP) is 2.64. The molecule has 0 aliphatic carbocycles. The summed E-state index contributed by atoms with van der Waals surface area (Å²) in [6.45, 7) is 0.359. The topological polar surface area (TPSA) is 64.9 Å². The van der Waals surface area contributed by atoms with E-state index in [-0.39, 0.29) is 18.3 Å². The molecule has 0 spiro atoms.